The number of hydrogen-bond acceptors (Lipinski definition) is 7. The van der Waals surface area contributed by atoms with Gasteiger partial charge in [0.25, 0.3) is 5.91 Å². The largest absolute Gasteiger partial charge is 0.574 e. The van der Waals surface area contributed by atoms with Gasteiger partial charge in [0.05, 0.1) is 12.3 Å². The van der Waals surface area contributed by atoms with E-state index in [0.29, 0.717) is 12.1 Å². The molecular formula is C18H21F3N6O5. The average Bonchev–Trinajstić information content (AvgIpc) is 3.07. The summed E-state index contributed by atoms with van der Waals surface area (Å²) >= 11 is 0. The van der Waals surface area contributed by atoms with Crippen LogP contribution in [-0.2, 0) is 16.5 Å². The van der Waals surface area contributed by atoms with Gasteiger partial charge in [-0.2, -0.15) is 5.10 Å². The van der Waals surface area contributed by atoms with E-state index >= 15 is 0 Å². The molecule has 2 aliphatic rings. The van der Waals surface area contributed by atoms with Crippen molar-refractivity contribution in [2.24, 2.45) is 7.05 Å². The van der Waals surface area contributed by atoms with Crippen molar-refractivity contribution in [1.82, 2.24) is 25.3 Å². The lowest BCUT2D eigenvalue weighted by Crippen LogP contribution is -2.37. The number of hydrogen-bond donors (Lipinski definition) is 3. The Morgan fingerprint density at radius 1 is 1.34 bits per heavy atom. The minimum absolute atomic E-state index is 0.136. The summed E-state index contributed by atoms with van der Waals surface area (Å²) in [5.74, 6) is -1.34. The maximum atomic E-state index is 12.4. The number of carbonyl (C=O) groups excluding carboxylic acids is 2. The number of halogens is 3. The highest BCUT2D eigenvalue weighted by molar-refractivity contribution is 6.02. The molecule has 4 rings (SSSR count). The molecule has 3 heterocycles. The smallest absolute Gasteiger partial charge is 0.444 e. The van der Waals surface area contributed by atoms with Crippen LogP contribution in [0.1, 0.15) is 48.5 Å². The third kappa shape index (κ3) is 5.30. The van der Waals surface area contributed by atoms with Crippen molar-refractivity contribution in [3.8, 4) is 5.88 Å². The van der Waals surface area contributed by atoms with Crippen molar-refractivity contribution in [1.29, 1.82) is 0 Å². The SMILES string of the molecule is Cn1nc(OC(F)(F)F)cc1C(=O)Nc1cc([C@H]2C[C@@H](OC(=O)NC3(C)CC3)CO2)[nH]n1. The van der Waals surface area contributed by atoms with E-state index < -0.39 is 36.5 Å². The van der Waals surface area contributed by atoms with Crippen LogP contribution >= 0.6 is 0 Å². The van der Waals surface area contributed by atoms with Gasteiger partial charge >= 0.3 is 12.5 Å². The lowest BCUT2D eigenvalue weighted by Gasteiger charge is -2.15. The zero-order valence-corrected chi connectivity index (χ0v) is 17.2. The summed E-state index contributed by atoms with van der Waals surface area (Å²) in [4.78, 5) is 24.3. The van der Waals surface area contributed by atoms with Crippen LogP contribution in [0.15, 0.2) is 12.1 Å². The van der Waals surface area contributed by atoms with Crippen molar-refractivity contribution < 1.29 is 37.0 Å². The molecule has 1 aliphatic heterocycles. The Kier molecular flexibility index (Phi) is 5.48. The number of aryl methyl sites for hydroxylation is 1. The molecule has 1 saturated carbocycles. The second kappa shape index (κ2) is 8.00. The van der Waals surface area contributed by atoms with E-state index in [4.69, 9.17) is 9.47 Å². The van der Waals surface area contributed by atoms with Crippen LogP contribution < -0.4 is 15.4 Å². The summed E-state index contributed by atoms with van der Waals surface area (Å²) in [6.45, 7) is 2.16. The number of amides is 2. The molecule has 14 heteroatoms. The summed E-state index contributed by atoms with van der Waals surface area (Å²) in [7, 11) is 1.31. The van der Waals surface area contributed by atoms with Gasteiger partial charge in [0, 0.05) is 31.1 Å². The Balaban J connectivity index is 1.31. The normalized spacial score (nSPS) is 21.8. The van der Waals surface area contributed by atoms with Crippen LogP contribution in [0.4, 0.5) is 23.8 Å². The van der Waals surface area contributed by atoms with E-state index in [2.05, 4.69) is 30.7 Å². The van der Waals surface area contributed by atoms with Crippen LogP contribution in [-0.4, -0.2) is 56.6 Å². The molecule has 2 fully saturated rings. The Labute approximate surface area is 179 Å². The molecule has 1 aliphatic carbocycles. The number of aromatic nitrogens is 4. The second-order valence-electron chi connectivity index (χ2n) is 7.97. The van der Waals surface area contributed by atoms with Crippen molar-refractivity contribution in [3.63, 3.8) is 0 Å². The Bertz CT molecular complexity index is 1020. The molecule has 0 spiro atoms. The van der Waals surface area contributed by atoms with Crippen molar-refractivity contribution in [2.75, 3.05) is 11.9 Å². The summed E-state index contributed by atoms with van der Waals surface area (Å²) in [6, 6.07) is 2.39. The number of alkyl carbamates (subject to hydrolysis) is 1. The molecule has 2 aromatic heterocycles. The first-order chi connectivity index (χ1) is 15.0. The van der Waals surface area contributed by atoms with E-state index in [1.807, 2.05) is 6.92 Å². The summed E-state index contributed by atoms with van der Waals surface area (Å²) < 4.78 is 52.7. The van der Waals surface area contributed by atoms with Gasteiger partial charge in [0.2, 0.25) is 5.88 Å². The number of alkyl halides is 3. The predicted molar refractivity (Wildman–Crippen MR) is 101 cm³/mol. The van der Waals surface area contributed by atoms with Crippen LogP contribution in [0.3, 0.4) is 0 Å². The fraction of sp³-hybridized carbons (Fsp3) is 0.556. The van der Waals surface area contributed by atoms with E-state index in [9.17, 15) is 22.8 Å². The molecule has 32 heavy (non-hydrogen) atoms. The van der Waals surface area contributed by atoms with Gasteiger partial charge in [-0.25, -0.2) is 4.79 Å². The third-order valence-electron chi connectivity index (χ3n) is 5.13. The highest BCUT2D eigenvalue weighted by atomic mass is 19.4. The van der Waals surface area contributed by atoms with Gasteiger partial charge < -0.3 is 24.8 Å². The van der Waals surface area contributed by atoms with Gasteiger partial charge in [-0.3, -0.25) is 14.6 Å². The topological polar surface area (TPSA) is 132 Å². The van der Waals surface area contributed by atoms with E-state index in [1.54, 1.807) is 0 Å². The molecule has 11 nitrogen and oxygen atoms in total. The number of carbonyl (C=O) groups is 2. The van der Waals surface area contributed by atoms with Crippen molar-refractivity contribution >= 4 is 17.8 Å². The van der Waals surface area contributed by atoms with Gasteiger partial charge in [-0.05, 0) is 19.8 Å². The van der Waals surface area contributed by atoms with Crippen LogP contribution in [0.2, 0.25) is 0 Å². The zero-order chi connectivity index (χ0) is 23.1. The molecule has 2 atom stereocenters. The maximum absolute atomic E-state index is 12.4. The molecule has 0 unspecified atom stereocenters. The number of rotatable bonds is 6. The highest BCUT2D eigenvalue weighted by Gasteiger charge is 2.40. The molecule has 2 aromatic rings. The van der Waals surface area contributed by atoms with Crippen LogP contribution in [0.25, 0.3) is 0 Å². The molecule has 2 amide bonds. The van der Waals surface area contributed by atoms with Gasteiger partial charge in [0.1, 0.15) is 17.9 Å². The number of ether oxygens (including phenoxy) is 3. The highest BCUT2D eigenvalue weighted by Crippen LogP contribution is 2.35. The van der Waals surface area contributed by atoms with E-state index in [-0.39, 0.29) is 23.7 Å². The minimum Gasteiger partial charge on any atom is -0.444 e. The number of nitrogens with one attached hydrogen (secondary N) is 3. The predicted octanol–water partition coefficient (Wildman–Crippen LogP) is 2.40. The number of aromatic amines is 1. The standard InChI is InChI=1S/C18H21F3N6O5/c1-17(3-4-17)23-16(29)31-9-5-12(30-8-9)10-6-13(25-24-10)22-15(28)11-7-14(26-27(11)2)32-18(19,20)21/h6-7,9,12H,3-5,8H2,1-2H3,(H,23,29)(H2,22,24,25,28)/t9-,12-/m1/s1. The minimum atomic E-state index is -4.92. The summed E-state index contributed by atoms with van der Waals surface area (Å²) in [5, 5.41) is 15.5. The fourth-order valence-electron chi connectivity index (χ4n) is 3.20. The average molecular weight is 458 g/mol. The first-order valence-electron chi connectivity index (χ1n) is 9.76. The molecule has 174 valence electrons. The van der Waals surface area contributed by atoms with Gasteiger partial charge in [0.15, 0.2) is 5.82 Å². The molecule has 0 radical (unpaired) electrons. The molecule has 0 aromatic carbocycles. The number of anilines is 1. The molecule has 1 saturated heterocycles. The monoisotopic (exact) mass is 458 g/mol. The molecular weight excluding hydrogens is 437 g/mol. The summed E-state index contributed by atoms with van der Waals surface area (Å²) in [5.41, 5.74) is 0.210. The molecule has 0 bridgehead atoms. The maximum Gasteiger partial charge on any atom is 0.574 e. The van der Waals surface area contributed by atoms with Gasteiger partial charge in [-0.15, -0.1) is 18.3 Å². The Morgan fingerprint density at radius 2 is 2.09 bits per heavy atom. The Hall–Kier alpha value is -3.29. The summed E-state index contributed by atoms with van der Waals surface area (Å²) in [6.07, 6.45) is -4.01. The quantitative estimate of drug-likeness (QED) is 0.606. The van der Waals surface area contributed by atoms with Crippen molar-refractivity contribution in [3.05, 3.63) is 23.5 Å². The van der Waals surface area contributed by atoms with E-state index in [0.717, 1.165) is 23.6 Å². The third-order valence-corrected chi connectivity index (χ3v) is 5.13. The first-order valence-corrected chi connectivity index (χ1v) is 9.76. The van der Waals surface area contributed by atoms with Crippen molar-refractivity contribution in [2.45, 2.75) is 50.3 Å². The lowest BCUT2D eigenvalue weighted by molar-refractivity contribution is -0.276. The van der Waals surface area contributed by atoms with Gasteiger partial charge in [-0.1, -0.05) is 0 Å². The van der Waals surface area contributed by atoms with Crippen LogP contribution in [0, 0.1) is 0 Å². The number of H-pyrrole nitrogens is 1. The van der Waals surface area contributed by atoms with Crippen LogP contribution in [0.5, 0.6) is 5.88 Å². The lowest BCUT2D eigenvalue weighted by atomic mass is 10.1. The fourth-order valence-corrected chi connectivity index (χ4v) is 3.20. The Morgan fingerprint density at radius 3 is 2.78 bits per heavy atom. The number of nitrogens with zero attached hydrogens (tertiary/aromatic N) is 3. The second-order valence-corrected chi connectivity index (χ2v) is 7.97. The first kappa shape index (κ1) is 21.9. The van der Waals surface area contributed by atoms with E-state index in [1.165, 1.54) is 13.1 Å². The zero-order valence-electron chi connectivity index (χ0n) is 17.2. The molecule has 3 N–H and O–H groups in total.